The van der Waals surface area contributed by atoms with Crippen LogP contribution in [0.4, 0.5) is 5.69 Å². The fourth-order valence-electron chi connectivity index (χ4n) is 0.888. The first-order valence-electron chi connectivity index (χ1n) is 3.39. The van der Waals surface area contributed by atoms with Gasteiger partial charge in [-0.25, -0.2) is 0 Å². The second kappa shape index (κ2) is 3.59. The van der Waals surface area contributed by atoms with E-state index in [0.29, 0.717) is 0 Å². The minimum absolute atomic E-state index is 0.782. The number of hydrogen-bond donors (Lipinski definition) is 1. The SMILES string of the molecule is CCc1ccc(Br)c(N)c1Br. The van der Waals surface area contributed by atoms with Crippen molar-refractivity contribution in [2.24, 2.45) is 0 Å². The van der Waals surface area contributed by atoms with Gasteiger partial charge < -0.3 is 5.73 Å². The lowest BCUT2D eigenvalue weighted by atomic mass is 10.1. The Kier molecular flexibility index (Phi) is 2.96. The van der Waals surface area contributed by atoms with Crippen LogP contribution in [-0.2, 0) is 6.42 Å². The van der Waals surface area contributed by atoms with Crippen LogP contribution in [0.1, 0.15) is 12.5 Å². The lowest BCUT2D eigenvalue weighted by Crippen LogP contribution is -1.92. The fraction of sp³-hybridized carbons (Fsp3) is 0.250. The van der Waals surface area contributed by atoms with E-state index >= 15 is 0 Å². The molecule has 60 valence electrons. The highest BCUT2D eigenvalue weighted by atomic mass is 79.9. The average Bonchev–Trinajstić information content (AvgIpc) is 2.01. The zero-order valence-electron chi connectivity index (χ0n) is 6.20. The molecule has 1 rings (SSSR count). The summed E-state index contributed by atoms with van der Waals surface area (Å²) >= 11 is 6.79. The quantitative estimate of drug-likeness (QED) is 0.784. The third kappa shape index (κ3) is 1.76. The summed E-state index contributed by atoms with van der Waals surface area (Å²) in [6.07, 6.45) is 0.998. The molecule has 0 radical (unpaired) electrons. The summed E-state index contributed by atoms with van der Waals surface area (Å²) in [6, 6.07) is 4.03. The Hall–Kier alpha value is -0.0200. The summed E-state index contributed by atoms with van der Waals surface area (Å²) in [5.41, 5.74) is 7.79. The van der Waals surface area contributed by atoms with Gasteiger partial charge in [-0.05, 0) is 49.9 Å². The Balaban J connectivity index is 3.25. The number of rotatable bonds is 1. The number of halogens is 2. The molecular formula is C8H9Br2N. The molecule has 0 atom stereocenters. The van der Waals surface area contributed by atoms with E-state index in [4.69, 9.17) is 5.73 Å². The lowest BCUT2D eigenvalue weighted by Gasteiger charge is -2.05. The van der Waals surface area contributed by atoms with E-state index in [9.17, 15) is 0 Å². The predicted octanol–water partition coefficient (Wildman–Crippen LogP) is 3.36. The molecule has 0 aliphatic heterocycles. The molecule has 0 saturated carbocycles. The van der Waals surface area contributed by atoms with Crippen molar-refractivity contribution < 1.29 is 0 Å². The third-order valence-electron chi connectivity index (χ3n) is 1.59. The van der Waals surface area contributed by atoms with Gasteiger partial charge in [-0.3, -0.25) is 0 Å². The first-order chi connectivity index (χ1) is 5.16. The van der Waals surface area contributed by atoms with Crippen LogP contribution >= 0.6 is 31.9 Å². The number of anilines is 1. The van der Waals surface area contributed by atoms with E-state index in [1.807, 2.05) is 6.07 Å². The second-order valence-electron chi connectivity index (χ2n) is 2.29. The molecule has 1 aromatic carbocycles. The lowest BCUT2D eigenvalue weighted by molar-refractivity contribution is 1.13. The van der Waals surface area contributed by atoms with Crippen molar-refractivity contribution in [3.63, 3.8) is 0 Å². The maximum Gasteiger partial charge on any atom is 0.0605 e. The Bertz CT molecular complexity index is 271. The molecule has 0 bridgehead atoms. The van der Waals surface area contributed by atoms with Crippen LogP contribution in [0.25, 0.3) is 0 Å². The topological polar surface area (TPSA) is 26.0 Å². The molecule has 1 nitrogen and oxygen atoms in total. The number of hydrogen-bond acceptors (Lipinski definition) is 1. The molecule has 0 unspecified atom stereocenters. The van der Waals surface area contributed by atoms with Crippen molar-refractivity contribution in [3.05, 3.63) is 26.6 Å². The molecule has 0 fully saturated rings. The van der Waals surface area contributed by atoms with Crippen LogP contribution in [0.2, 0.25) is 0 Å². The van der Waals surface area contributed by atoms with Crippen molar-refractivity contribution in [2.45, 2.75) is 13.3 Å². The largest absolute Gasteiger partial charge is 0.397 e. The zero-order valence-corrected chi connectivity index (χ0v) is 9.37. The average molecular weight is 279 g/mol. The standard InChI is InChI=1S/C8H9Br2N/c1-2-5-3-4-6(9)8(11)7(5)10/h3-4H,2,11H2,1H3. The number of nitrogen functional groups attached to an aromatic ring is 1. The van der Waals surface area contributed by atoms with Crippen molar-refractivity contribution in [1.82, 2.24) is 0 Å². The Morgan fingerprint density at radius 1 is 1.36 bits per heavy atom. The molecule has 0 spiro atoms. The maximum absolute atomic E-state index is 5.76. The minimum atomic E-state index is 0.782. The number of nitrogens with two attached hydrogens (primary N) is 1. The number of aryl methyl sites for hydroxylation is 1. The van der Waals surface area contributed by atoms with Gasteiger partial charge in [0.1, 0.15) is 0 Å². The summed E-state index contributed by atoms with van der Waals surface area (Å²) < 4.78 is 1.95. The van der Waals surface area contributed by atoms with E-state index in [1.165, 1.54) is 5.56 Å². The van der Waals surface area contributed by atoms with Crippen molar-refractivity contribution in [1.29, 1.82) is 0 Å². The van der Waals surface area contributed by atoms with E-state index in [1.54, 1.807) is 0 Å². The molecule has 11 heavy (non-hydrogen) atoms. The van der Waals surface area contributed by atoms with Gasteiger partial charge >= 0.3 is 0 Å². The summed E-state index contributed by atoms with van der Waals surface area (Å²) in [4.78, 5) is 0. The zero-order chi connectivity index (χ0) is 8.43. The minimum Gasteiger partial charge on any atom is -0.397 e. The van der Waals surface area contributed by atoms with Gasteiger partial charge in [-0.1, -0.05) is 13.0 Å². The van der Waals surface area contributed by atoms with E-state index in [-0.39, 0.29) is 0 Å². The Morgan fingerprint density at radius 2 is 2.00 bits per heavy atom. The molecule has 0 aromatic heterocycles. The van der Waals surface area contributed by atoms with Crippen LogP contribution in [0, 0.1) is 0 Å². The predicted molar refractivity (Wildman–Crippen MR) is 55.6 cm³/mol. The molecule has 2 N–H and O–H groups in total. The molecule has 1 aromatic rings. The first-order valence-corrected chi connectivity index (χ1v) is 4.97. The molecular weight excluding hydrogens is 270 g/mol. The van der Waals surface area contributed by atoms with Gasteiger partial charge in [-0.15, -0.1) is 0 Å². The normalized spacial score (nSPS) is 10.1. The van der Waals surface area contributed by atoms with Crippen molar-refractivity contribution in [2.75, 3.05) is 5.73 Å². The highest BCUT2D eigenvalue weighted by Gasteiger charge is 2.03. The highest BCUT2D eigenvalue weighted by Crippen LogP contribution is 2.31. The third-order valence-corrected chi connectivity index (χ3v) is 3.22. The second-order valence-corrected chi connectivity index (χ2v) is 3.94. The summed E-state index contributed by atoms with van der Waals surface area (Å²) in [6.45, 7) is 2.10. The van der Waals surface area contributed by atoms with E-state index in [0.717, 1.165) is 21.1 Å². The molecule has 0 aliphatic rings. The fourth-order valence-corrected chi connectivity index (χ4v) is 2.11. The Morgan fingerprint density at radius 3 is 2.55 bits per heavy atom. The summed E-state index contributed by atoms with van der Waals surface area (Å²) in [5.74, 6) is 0. The summed E-state index contributed by atoms with van der Waals surface area (Å²) in [7, 11) is 0. The monoisotopic (exact) mass is 277 g/mol. The Labute approximate surface area is 83.2 Å². The smallest absolute Gasteiger partial charge is 0.0605 e. The van der Waals surface area contributed by atoms with Crippen LogP contribution < -0.4 is 5.73 Å². The van der Waals surface area contributed by atoms with Gasteiger partial charge in [0.05, 0.1) is 5.69 Å². The van der Waals surface area contributed by atoms with Gasteiger partial charge in [0.15, 0.2) is 0 Å². The van der Waals surface area contributed by atoms with Gasteiger partial charge in [0.25, 0.3) is 0 Å². The van der Waals surface area contributed by atoms with Crippen molar-refractivity contribution >= 4 is 37.5 Å². The molecule has 3 heteroatoms. The molecule has 0 saturated heterocycles. The first kappa shape index (κ1) is 9.07. The van der Waals surface area contributed by atoms with Crippen LogP contribution in [0.15, 0.2) is 21.1 Å². The van der Waals surface area contributed by atoms with E-state index in [2.05, 4.69) is 44.8 Å². The molecule has 0 amide bonds. The van der Waals surface area contributed by atoms with Gasteiger partial charge in [0, 0.05) is 8.95 Å². The van der Waals surface area contributed by atoms with Crippen LogP contribution in [-0.4, -0.2) is 0 Å². The van der Waals surface area contributed by atoms with Gasteiger partial charge in [-0.2, -0.15) is 0 Å². The summed E-state index contributed by atoms with van der Waals surface area (Å²) in [5, 5.41) is 0. The molecule has 0 heterocycles. The van der Waals surface area contributed by atoms with Crippen molar-refractivity contribution in [3.8, 4) is 0 Å². The molecule has 0 aliphatic carbocycles. The van der Waals surface area contributed by atoms with Crippen LogP contribution in [0.3, 0.4) is 0 Å². The number of benzene rings is 1. The van der Waals surface area contributed by atoms with Crippen LogP contribution in [0.5, 0.6) is 0 Å². The van der Waals surface area contributed by atoms with Gasteiger partial charge in [0.2, 0.25) is 0 Å². The maximum atomic E-state index is 5.76. The highest BCUT2D eigenvalue weighted by molar-refractivity contribution is 9.11. The van der Waals surface area contributed by atoms with E-state index < -0.39 is 0 Å².